The number of rotatable bonds is 6. The van der Waals surface area contributed by atoms with Crippen LogP contribution in [-0.4, -0.2) is 24.0 Å². The molecule has 0 fully saturated rings. The van der Waals surface area contributed by atoms with Crippen molar-refractivity contribution in [2.45, 2.75) is 39.8 Å². The Morgan fingerprint density at radius 1 is 0.636 bits per heavy atom. The predicted octanol–water partition coefficient (Wildman–Crippen LogP) is 6.20. The molecule has 0 aliphatic heterocycles. The number of aliphatic imine (C=N–C) groups is 2. The first-order valence-corrected chi connectivity index (χ1v) is 11.1. The van der Waals surface area contributed by atoms with Gasteiger partial charge in [0.25, 0.3) is 0 Å². The van der Waals surface area contributed by atoms with Gasteiger partial charge in [0.15, 0.2) is 11.9 Å². The van der Waals surface area contributed by atoms with Crippen LogP contribution < -0.4 is 22.1 Å². The largest absolute Gasteiger partial charge is 0.370 e. The van der Waals surface area contributed by atoms with Crippen LogP contribution in [0.5, 0.6) is 0 Å². The molecule has 33 heavy (non-hydrogen) atoms. The smallest absolute Gasteiger partial charge is 0.193 e. The van der Waals surface area contributed by atoms with Gasteiger partial charge in [0.05, 0.1) is 0 Å². The van der Waals surface area contributed by atoms with Crippen molar-refractivity contribution in [3.63, 3.8) is 0 Å². The second kappa shape index (κ2) is 13.1. The third-order valence-electron chi connectivity index (χ3n) is 4.28. The molecule has 6 N–H and O–H groups in total. The molecule has 178 valence electrons. The second-order valence-electron chi connectivity index (χ2n) is 7.78. The van der Waals surface area contributed by atoms with Crippen molar-refractivity contribution in [3.8, 4) is 20.9 Å². The van der Waals surface area contributed by atoms with Gasteiger partial charge >= 0.3 is 0 Å². The molecule has 0 amide bonds. The fourth-order valence-electron chi connectivity index (χ4n) is 3.00. The Morgan fingerprint density at radius 3 is 1.27 bits per heavy atom. The lowest BCUT2D eigenvalue weighted by atomic mass is 10.1. The molecule has 0 radical (unpaired) electrons. The number of nitrogens with two attached hydrogens (primary N) is 2. The average Bonchev–Trinajstić information content (AvgIpc) is 3.18. The Labute approximate surface area is 212 Å². The van der Waals surface area contributed by atoms with Crippen LogP contribution >= 0.6 is 36.2 Å². The van der Waals surface area contributed by atoms with Crippen LogP contribution in [0.4, 0.5) is 11.4 Å². The summed E-state index contributed by atoms with van der Waals surface area (Å²) in [5, 5.41) is 6.24. The van der Waals surface area contributed by atoms with E-state index in [0.29, 0.717) is 11.9 Å². The van der Waals surface area contributed by atoms with Crippen molar-refractivity contribution in [1.82, 2.24) is 0 Å². The van der Waals surface area contributed by atoms with E-state index in [-0.39, 0.29) is 36.9 Å². The van der Waals surface area contributed by atoms with Gasteiger partial charge in [-0.1, -0.05) is 24.3 Å². The maximum Gasteiger partial charge on any atom is 0.193 e. The molecular formula is C24H32Cl2N6S. The summed E-state index contributed by atoms with van der Waals surface area (Å²) in [6, 6.07) is 21.0. The Bertz CT molecular complexity index is 973. The molecule has 6 nitrogen and oxygen atoms in total. The Kier molecular flexibility index (Phi) is 11.2. The van der Waals surface area contributed by atoms with E-state index in [1.54, 1.807) is 11.3 Å². The molecule has 0 saturated heterocycles. The van der Waals surface area contributed by atoms with Crippen LogP contribution in [0.15, 0.2) is 70.6 Å². The Hall–Kier alpha value is -2.74. The van der Waals surface area contributed by atoms with Gasteiger partial charge in [-0.15, -0.1) is 36.2 Å². The Balaban J connectivity index is 0.00000272. The van der Waals surface area contributed by atoms with E-state index in [9.17, 15) is 0 Å². The van der Waals surface area contributed by atoms with Crippen LogP contribution in [0.1, 0.15) is 27.7 Å². The van der Waals surface area contributed by atoms with Gasteiger partial charge in [-0.25, -0.2) is 0 Å². The number of halogens is 2. The highest BCUT2D eigenvalue weighted by atomic mass is 35.5. The topological polar surface area (TPSA) is 101 Å². The van der Waals surface area contributed by atoms with Gasteiger partial charge in [0.2, 0.25) is 0 Å². The van der Waals surface area contributed by atoms with E-state index < -0.39 is 0 Å². The van der Waals surface area contributed by atoms with E-state index in [2.05, 4.69) is 57.0 Å². The zero-order chi connectivity index (χ0) is 22.4. The third kappa shape index (κ3) is 8.61. The van der Waals surface area contributed by atoms with Crippen LogP contribution in [0, 0.1) is 0 Å². The number of nitrogens with zero attached hydrogens (tertiary/aromatic N) is 2. The van der Waals surface area contributed by atoms with Gasteiger partial charge < -0.3 is 22.1 Å². The number of hydrogen-bond acceptors (Lipinski definition) is 3. The van der Waals surface area contributed by atoms with E-state index in [1.165, 1.54) is 9.75 Å². The summed E-state index contributed by atoms with van der Waals surface area (Å²) in [5.74, 6) is 0.854. The van der Waals surface area contributed by atoms with Gasteiger partial charge in [0, 0.05) is 33.2 Å². The molecular weight excluding hydrogens is 475 g/mol. The lowest BCUT2D eigenvalue weighted by Gasteiger charge is -2.08. The van der Waals surface area contributed by atoms with Crippen LogP contribution in [-0.2, 0) is 0 Å². The summed E-state index contributed by atoms with van der Waals surface area (Å²) in [6.07, 6.45) is 0. The first kappa shape index (κ1) is 28.3. The summed E-state index contributed by atoms with van der Waals surface area (Å²) in [6.45, 7) is 7.97. The highest BCUT2D eigenvalue weighted by molar-refractivity contribution is 7.18. The van der Waals surface area contributed by atoms with E-state index in [4.69, 9.17) is 11.5 Å². The lowest BCUT2D eigenvalue weighted by molar-refractivity contribution is 0.833. The fourth-order valence-corrected chi connectivity index (χ4v) is 4.02. The number of hydrogen-bond donors (Lipinski definition) is 4. The highest BCUT2D eigenvalue weighted by Gasteiger charge is 2.06. The van der Waals surface area contributed by atoms with E-state index in [1.807, 2.05) is 52.0 Å². The van der Waals surface area contributed by atoms with Gasteiger partial charge in [-0.2, -0.15) is 0 Å². The summed E-state index contributed by atoms with van der Waals surface area (Å²) in [7, 11) is 0. The molecule has 3 aromatic rings. The number of nitrogens with one attached hydrogen (secondary N) is 2. The van der Waals surface area contributed by atoms with Crippen molar-refractivity contribution in [2.75, 3.05) is 10.6 Å². The van der Waals surface area contributed by atoms with E-state index >= 15 is 0 Å². The lowest BCUT2D eigenvalue weighted by Crippen LogP contribution is -2.23. The third-order valence-corrected chi connectivity index (χ3v) is 5.47. The molecule has 3 rings (SSSR count). The molecule has 0 unspecified atom stereocenters. The summed E-state index contributed by atoms with van der Waals surface area (Å²) < 4.78 is 0. The normalized spacial score (nSPS) is 11.7. The zero-order valence-electron chi connectivity index (χ0n) is 19.2. The van der Waals surface area contributed by atoms with Crippen LogP contribution in [0.3, 0.4) is 0 Å². The first-order chi connectivity index (χ1) is 14.8. The molecule has 1 aromatic heterocycles. The van der Waals surface area contributed by atoms with Gasteiger partial charge in [-0.05, 0) is 75.2 Å². The SMILES string of the molecule is CC(C)N=C(N)Nc1ccc(-c2ccc(-c3ccc(NC(N)=NC(C)C)cc3)s2)cc1.Cl.Cl. The summed E-state index contributed by atoms with van der Waals surface area (Å²) >= 11 is 1.76. The van der Waals surface area contributed by atoms with Crippen molar-refractivity contribution in [2.24, 2.45) is 21.5 Å². The number of anilines is 2. The molecule has 0 atom stereocenters. The van der Waals surface area contributed by atoms with Crippen LogP contribution in [0.2, 0.25) is 0 Å². The minimum Gasteiger partial charge on any atom is -0.370 e. The molecule has 0 saturated carbocycles. The monoisotopic (exact) mass is 506 g/mol. The second-order valence-corrected chi connectivity index (χ2v) is 8.87. The van der Waals surface area contributed by atoms with Crippen molar-refractivity contribution in [3.05, 3.63) is 60.7 Å². The predicted molar refractivity (Wildman–Crippen MR) is 150 cm³/mol. The Morgan fingerprint density at radius 2 is 0.970 bits per heavy atom. The number of benzene rings is 2. The van der Waals surface area contributed by atoms with Gasteiger partial charge in [0.1, 0.15) is 0 Å². The van der Waals surface area contributed by atoms with Gasteiger partial charge in [-0.3, -0.25) is 9.98 Å². The highest BCUT2D eigenvalue weighted by Crippen LogP contribution is 2.35. The van der Waals surface area contributed by atoms with Crippen molar-refractivity contribution in [1.29, 1.82) is 0 Å². The van der Waals surface area contributed by atoms with E-state index in [0.717, 1.165) is 22.5 Å². The molecule has 0 bridgehead atoms. The molecule has 9 heteroatoms. The standard InChI is InChI=1S/C24H30N6S.2ClH/c1-15(2)27-23(25)29-19-9-5-17(6-10-19)21-13-14-22(31-21)18-7-11-20(12-8-18)30-24(26)28-16(3)4;;/h5-16H,1-4H3,(H3,25,27,29)(H3,26,28,30);2*1H. The molecule has 0 aliphatic rings. The minimum atomic E-state index is 0. The quantitative estimate of drug-likeness (QED) is 0.236. The first-order valence-electron chi connectivity index (χ1n) is 10.3. The van der Waals surface area contributed by atoms with Crippen molar-refractivity contribution >= 4 is 59.4 Å². The molecule has 1 heterocycles. The number of thiophene rings is 1. The summed E-state index contributed by atoms with van der Waals surface area (Å²) in [5.41, 5.74) is 16.0. The molecule has 0 aliphatic carbocycles. The molecule has 2 aromatic carbocycles. The molecule has 0 spiro atoms. The maximum absolute atomic E-state index is 5.90. The van der Waals surface area contributed by atoms with Crippen LogP contribution in [0.25, 0.3) is 20.9 Å². The minimum absolute atomic E-state index is 0. The fraction of sp³-hybridized carbons (Fsp3) is 0.250. The maximum atomic E-state index is 5.90. The zero-order valence-corrected chi connectivity index (χ0v) is 21.7. The number of guanidine groups is 2. The van der Waals surface area contributed by atoms with Crippen molar-refractivity contribution < 1.29 is 0 Å². The average molecular weight is 508 g/mol. The summed E-state index contributed by atoms with van der Waals surface area (Å²) in [4.78, 5) is 11.0.